The number of fused-ring (bicyclic) bond motifs is 1. The van der Waals surface area contributed by atoms with Gasteiger partial charge in [0, 0.05) is 42.7 Å². The molecule has 1 aliphatic rings. The molecule has 8 heteroatoms. The van der Waals surface area contributed by atoms with Crippen LogP contribution in [0.25, 0.3) is 22.2 Å². The van der Waals surface area contributed by atoms with Crippen molar-refractivity contribution in [1.29, 1.82) is 0 Å². The Morgan fingerprint density at radius 2 is 2.11 bits per heavy atom. The molecule has 3 heterocycles. The van der Waals surface area contributed by atoms with Gasteiger partial charge in [-0.05, 0) is 26.0 Å². The van der Waals surface area contributed by atoms with Gasteiger partial charge in [-0.2, -0.15) is 0 Å². The Bertz CT molecular complexity index is 1060. The van der Waals surface area contributed by atoms with Gasteiger partial charge in [-0.25, -0.2) is 23.7 Å². The molecule has 1 amide bonds. The average Bonchev–Trinajstić information content (AvgIpc) is 3.09. The van der Waals surface area contributed by atoms with E-state index in [4.69, 9.17) is 0 Å². The molecule has 1 N–H and O–H groups in total. The lowest BCUT2D eigenvalue weighted by atomic mass is 10.1. The predicted molar refractivity (Wildman–Crippen MR) is 97.8 cm³/mol. The highest BCUT2D eigenvalue weighted by molar-refractivity contribution is 5.98. The second-order valence-electron chi connectivity index (χ2n) is 6.87. The zero-order valence-corrected chi connectivity index (χ0v) is 15.3. The zero-order chi connectivity index (χ0) is 19.3. The second-order valence-corrected chi connectivity index (χ2v) is 6.87. The van der Waals surface area contributed by atoms with Gasteiger partial charge in [-0.3, -0.25) is 4.79 Å². The van der Waals surface area contributed by atoms with E-state index >= 15 is 0 Å². The Hall–Kier alpha value is -2.90. The van der Waals surface area contributed by atoms with Crippen LogP contribution in [0.1, 0.15) is 37.7 Å². The van der Waals surface area contributed by atoms with Gasteiger partial charge in [0.25, 0.3) is 5.92 Å². The smallest absolute Gasteiger partial charge is 0.259 e. The normalized spacial score (nSPS) is 17.9. The van der Waals surface area contributed by atoms with E-state index in [2.05, 4.69) is 20.3 Å². The molecule has 1 unspecified atom stereocenters. The highest BCUT2D eigenvalue weighted by Gasteiger charge is 2.59. The molecule has 0 aliphatic heterocycles. The fourth-order valence-electron chi connectivity index (χ4n) is 3.28. The molecule has 3 aromatic rings. The molecule has 6 nitrogen and oxygen atoms in total. The number of hydrogen-bond acceptors (Lipinski definition) is 4. The van der Waals surface area contributed by atoms with E-state index < -0.39 is 11.8 Å². The van der Waals surface area contributed by atoms with Gasteiger partial charge in [0.1, 0.15) is 11.6 Å². The summed E-state index contributed by atoms with van der Waals surface area (Å²) in [6.45, 7) is 5.92. The van der Waals surface area contributed by atoms with Crippen molar-refractivity contribution in [3.05, 3.63) is 36.0 Å². The van der Waals surface area contributed by atoms with Gasteiger partial charge in [0.2, 0.25) is 5.91 Å². The molecule has 4 rings (SSSR count). The maximum absolute atomic E-state index is 13.5. The van der Waals surface area contributed by atoms with Crippen LogP contribution in [-0.4, -0.2) is 31.3 Å². The summed E-state index contributed by atoms with van der Waals surface area (Å²) in [4.78, 5) is 24.3. The van der Waals surface area contributed by atoms with Crippen LogP contribution < -0.4 is 5.32 Å². The number of alkyl halides is 2. The third kappa shape index (κ3) is 3.15. The summed E-state index contributed by atoms with van der Waals surface area (Å²) in [5, 5.41) is 3.52. The Morgan fingerprint density at radius 1 is 1.37 bits per heavy atom. The van der Waals surface area contributed by atoms with Crippen molar-refractivity contribution in [1.82, 2.24) is 19.5 Å². The molecule has 1 saturated carbocycles. The second kappa shape index (κ2) is 6.07. The number of nitrogens with zero attached hydrogens (tertiary/aromatic N) is 4. The predicted octanol–water partition coefficient (Wildman–Crippen LogP) is 3.90. The summed E-state index contributed by atoms with van der Waals surface area (Å²) in [5.74, 6) is -3.22. The summed E-state index contributed by atoms with van der Waals surface area (Å²) < 4.78 is 29.0. The first-order valence-electron chi connectivity index (χ1n) is 8.78. The molecule has 27 heavy (non-hydrogen) atoms. The molecule has 0 radical (unpaired) electrons. The van der Waals surface area contributed by atoms with E-state index in [1.165, 1.54) is 6.92 Å². The number of nitrogens with one attached hydrogen (secondary N) is 1. The van der Waals surface area contributed by atoms with Crippen LogP contribution in [0.3, 0.4) is 0 Å². The summed E-state index contributed by atoms with van der Waals surface area (Å²) in [5.41, 5.74) is 2.93. The Morgan fingerprint density at radius 3 is 2.74 bits per heavy atom. The van der Waals surface area contributed by atoms with Crippen LogP contribution in [0.4, 0.5) is 14.6 Å². The van der Waals surface area contributed by atoms with E-state index in [-0.39, 0.29) is 18.2 Å². The number of amides is 1. The van der Waals surface area contributed by atoms with Crippen LogP contribution in [0.15, 0.2) is 24.5 Å². The lowest BCUT2D eigenvalue weighted by Crippen LogP contribution is -2.07. The van der Waals surface area contributed by atoms with E-state index in [1.807, 2.05) is 17.7 Å². The quantitative estimate of drug-likeness (QED) is 0.755. The van der Waals surface area contributed by atoms with Crippen LogP contribution in [0, 0.1) is 6.92 Å². The number of aryl methyl sites for hydroxylation is 2. The minimum absolute atomic E-state index is 0.184. The summed E-state index contributed by atoms with van der Waals surface area (Å²) in [6, 6.07) is 3.57. The van der Waals surface area contributed by atoms with Gasteiger partial charge >= 0.3 is 0 Å². The minimum Gasteiger partial charge on any atom is -0.346 e. The van der Waals surface area contributed by atoms with Crippen molar-refractivity contribution in [2.45, 2.75) is 45.6 Å². The van der Waals surface area contributed by atoms with Gasteiger partial charge in [-0.15, -0.1) is 0 Å². The Balaban J connectivity index is 1.86. The number of aromatic nitrogens is 4. The standard InChI is InChI=1S/C19H19F2N5O/c1-4-26-9-13(12-6-17(24-11(3)27)22-8-16(12)26)15-5-10(2)23-18(25-15)14-7-19(14,20)21/h5-6,8-9,14H,4,7H2,1-3H3,(H,22,24,27). The van der Waals surface area contributed by atoms with Gasteiger partial charge in [0.15, 0.2) is 0 Å². The first-order chi connectivity index (χ1) is 12.8. The van der Waals surface area contributed by atoms with E-state index in [9.17, 15) is 13.6 Å². The summed E-state index contributed by atoms with van der Waals surface area (Å²) in [6.07, 6.45) is 3.42. The van der Waals surface area contributed by atoms with E-state index in [0.29, 0.717) is 17.2 Å². The minimum atomic E-state index is -2.72. The monoisotopic (exact) mass is 371 g/mol. The van der Waals surface area contributed by atoms with Crippen molar-refractivity contribution in [2.75, 3.05) is 5.32 Å². The number of carbonyl (C=O) groups is 1. The highest BCUT2D eigenvalue weighted by atomic mass is 19.3. The fraction of sp³-hybridized carbons (Fsp3) is 0.368. The highest BCUT2D eigenvalue weighted by Crippen LogP contribution is 2.54. The Labute approximate surface area is 154 Å². The first-order valence-corrected chi connectivity index (χ1v) is 8.78. The van der Waals surface area contributed by atoms with Crippen molar-refractivity contribution in [2.24, 2.45) is 0 Å². The number of anilines is 1. The molecule has 1 atom stereocenters. The van der Waals surface area contributed by atoms with Crippen LogP contribution in [0.2, 0.25) is 0 Å². The van der Waals surface area contributed by atoms with Crippen LogP contribution in [0.5, 0.6) is 0 Å². The lowest BCUT2D eigenvalue weighted by molar-refractivity contribution is -0.114. The third-order valence-electron chi connectivity index (χ3n) is 4.70. The number of halogens is 2. The Kier molecular flexibility index (Phi) is 3.94. The van der Waals surface area contributed by atoms with E-state index in [0.717, 1.165) is 23.0 Å². The molecule has 140 valence electrons. The van der Waals surface area contributed by atoms with Crippen LogP contribution in [-0.2, 0) is 11.3 Å². The molecule has 0 bridgehead atoms. The van der Waals surface area contributed by atoms with Crippen LogP contribution >= 0.6 is 0 Å². The van der Waals surface area contributed by atoms with E-state index in [1.54, 1.807) is 25.3 Å². The maximum Gasteiger partial charge on any atom is 0.259 e. The SMILES string of the molecule is CCn1cc(-c2cc(C)nc(C3CC3(F)F)n2)c2cc(NC(C)=O)ncc21. The summed E-state index contributed by atoms with van der Waals surface area (Å²) in [7, 11) is 0. The maximum atomic E-state index is 13.5. The van der Waals surface area contributed by atoms with Crippen molar-refractivity contribution in [3.63, 3.8) is 0 Å². The molecule has 3 aromatic heterocycles. The largest absolute Gasteiger partial charge is 0.346 e. The van der Waals surface area contributed by atoms with Gasteiger partial charge in [-0.1, -0.05) is 0 Å². The molecule has 0 spiro atoms. The first kappa shape index (κ1) is 17.5. The number of hydrogen-bond donors (Lipinski definition) is 1. The number of pyridine rings is 1. The van der Waals surface area contributed by atoms with Crippen molar-refractivity contribution < 1.29 is 13.6 Å². The average molecular weight is 371 g/mol. The van der Waals surface area contributed by atoms with Crippen molar-refractivity contribution in [3.8, 4) is 11.3 Å². The molecule has 1 fully saturated rings. The molecular formula is C19H19F2N5O. The molecule has 1 aliphatic carbocycles. The third-order valence-corrected chi connectivity index (χ3v) is 4.70. The zero-order valence-electron chi connectivity index (χ0n) is 15.3. The van der Waals surface area contributed by atoms with Gasteiger partial charge < -0.3 is 9.88 Å². The van der Waals surface area contributed by atoms with Gasteiger partial charge in [0.05, 0.1) is 23.3 Å². The molecule has 0 aromatic carbocycles. The lowest BCUT2D eigenvalue weighted by Gasteiger charge is -2.06. The summed E-state index contributed by atoms with van der Waals surface area (Å²) >= 11 is 0. The topological polar surface area (TPSA) is 72.7 Å². The fourth-order valence-corrected chi connectivity index (χ4v) is 3.28. The molecule has 0 saturated heterocycles. The number of carbonyl (C=O) groups excluding carboxylic acids is 1. The molecular weight excluding hydrogens is 352 g/mol. The number of rotatable bonds is 4. The van der Waals surface area contributed by atoms with Crippen molar-refractivity contribution >= 4 is 22.6 Å².